The topological polar surface area (TPSA) is 79.6 Å². The van der Waals surface area contributed by atoms with Crippen molar-refractivity contribution in [2.45, 2.75) is 64.6 Å². The molecule has 6 nitrogen and oxygen atoms in total. The summed E-state index contributed by atoms with van der Waals surface area (Å²) in [5.74, 6) is 0. The predicted octanol–water partition coefficient (Wildman–Crippen LogP) is 1.57. The third-order valence-electron chi connectivity index (χ3n) is 4.30. The Hall–Kier alpha value is -1.27. The first-order chi connectivity index (χ1) is 10.8. The molecule has 0 aromatic carbocycles. The molecule has 23 heavy (non-hydrogen) atoms. The van der Waals surface area contributed by atoms with Crippen molar-refractivity contribution in [2.75, 3.05) is 26.2 Å². The smallest absolute Gasteiger partial charge is 0.410 e. The zero-order valence-electron chi connectivity index (χ0n) is 14.9. The van der Waals surface area contributed by atoms with Gasteiger partial charge in [-0.3, -0.25) is 0 Å². The maximum absolute atomic E-state index is 12.3. The molecule has 1 unspecified atom stereocenters. The number of amides is 1. The summed E-state index contributed by atoms with van der Waals surface area (Å²) in [6.07, 6.45) is 2.83. The van der Waals surface area contributed by atoms with Gasteiger partial charge < -0.3 is 26.0 Å². The largest absolute Gasteiger partial charge is 0.444 e. The second kappa shape index (κ2) is 7.53. The molecule has 0 saturated carbocycles. The van der Waals surface area contributed by atoms with Crippen molar-refractivity contribution < 1.29 is 9.53 Å². The van der Waals surface area contributed by atoms with Crippen molar-refractivity contribution in [1.29, 1.82) is 0 Å². The van der Waals surface area contributed by atoms with Gasteiger partial charge in [0.05, 0.1) is 0 Å². The van der Waals surface area contributed by atoms with Gasteiger partial charge in [0.15, 0.2) is 0 Å². The maximum atomic E-state index is 12.3. The van der Waals surface area contributed by atoms with E-state index in [2.05, 4.69) is 10.6 Å². The van der Waals surface area contributed by atoms with Crippen LogP contribution in [0.25, 0.3) is 0 Å². The van der Waals surface area contributed by atoms with Crippen molar-refractivity contribution >= 4 is 6.09 Å². The van der Waals surface area contributed by atoms with Crippen LogP contribution in [0.4, 0.5) is 4.79 Å². The van der Waals surface area contributed by atoms with Crippen LogP contribution in [0.15, 0.2) is 11.3 Å². The Balaban J connectivity index is 2.03. The van der Waals surface area contributed by atoms with E-state index in [0.717, 1.165) is 37.9 Å². The summed E-state index contributed by atoms with van der Waals surface area (Å²) in [6, 6.07) is 0.442. The fraction of sp³-hybridized carbons (Fsp3) is 0.824. The van der Waals surface area contributed by atoms with Gasteiger partial charge in [-0.15, -0.1) is 0 Å². The quantitative estimate of drug-likeness (QED) is 0.734. The molecule has 0 spiro atoms. The normalized spacial score (nSPS) is 22.0. The first kappa shape index (κ1) is 18.1. The molecule has 1 amide bonds. The molecule has 0 aliphatic carbocycles. The minimum atomic E-state index is -0.469. The predicted molar refractivity (Wildman–Crippen MR) is 92.1 cm³/mol. The van der Waals surface area contributed by atoms with Crippen molar-refractivity contribution in [1.82, 2.24) is 15.5 Å². The van der Waals surface area contributed by atoms with Crippen LogP contribution in [-0.2, 0) is 4.74 Å². The van der Waals surface area contributed by atoms with Crippen LogP contribution in [0, 0.1) is 0 Å². The lowest BCUT2D eigenvalue weighted by Gasteiger charge is -2.36. The van der Waals surface area contributed by atoms with Gasteiger partial charge >= 0.3 is 6.09 Å². The Bertz CT molecular complexity index is 448. The van der Waals surface area contributed by atoms with E-state index >= 15 is 0 Å². The van der Waals surface area contributed by atoms with Gasteiger partial charge in [0.1, 0.15) is 5.60 Å². The molecule has 0 aromatic heterocycles. The number of hydrogen-bond acceptors (Lipinski definition) is 5. The maximum Gasteiger partial charge on any atom is 0.410 e. The average Bonchev–Trinajstić information content (AvgIpc) is 2.46. The van der Waals surface area contributed by atoms with Crippen LogP contribution in [0.5, 0.6) is 0 Å². The fourth-order valence-corrected chi connectivity index (χ4v) is 3.07. The molecule has 0 bridgehead atoms. The zero-order valence-corrected chi connectivity index (χ0v) is 14.9. The first-order valence-corrected chi connectivity index (χ1v) is 8.69. The highest BCUT2D eigenvalue weighted by molar-refractivity contribution is 5.69. The second-order valence-corrected chi connectivity index (χ2v) is 7.61. The molecule has 6 heteroatoms. The van der Waals surface area contributed by atoms with E-state index in [1.165, 1.54) is 5.70 Å². The molecule has 2 aliphatic heterocycles. The Labute approximate surface area is 139 Å². The van der Waals surface area contributed by atoms with Crippen LogP contribution in [0.3, 0.4) is 0 Å². The molecule has 2 aliphatic rings. The van der Waals surface area contributed by atoms with Gasteiger partial charge in [-0.05, 0) is 59.2 Å². The standard InChI is InChI=1S/C17H32N4O2/c1-12(18)14-11-21(16(22)23-17(2,3)4)10-7-15(14)20-13-5-8-19-9-6-13/h12-13,19-20H,5-11,18H2,1-4H3. The van der Waals surface area contributed by atoms with Gasteiger partial charge in [-0.2, -0.15) is 0 Å². The van der Waals surface area contributed by atoms with Crippen molar-refractivity contribution in [3.8, 4) is 0 Å². The van der Waals surface area contributed by atoms with Crippen molar-refractivity contribution in [2.24, 2.45) is 5.73 Å². The molecular formula is C17H32N4O2. The van der Waals surface area contributed by atoms with Gasteiger partial charge in [-0.1, -0.05) is 0 Å². The molecule has 0 aromatic rings. The highest BCUT2D eigenvalue weighted by atomic mass is 16.6. The number of carbonyl (C=O) groups excluding carboxylic acids is 1. The molecule has 1 saturated heterocycles. The minimum Gasteiger partial charge on any atom is -0.444 e. The summed E-state index contributed by atoms with van der Waals surface area (Å²) in [5, 5.41) is 7.06. The number of ether oxygens (including phenoxy) is 1. The molecule has 132 valence electrons. The van der Waals surface area contributed by atoms with Crippen LogP contribution < -0.4 is 16.4 Å². The van der Waals surface area contributed by atoms with E-state index < -0.39 is 5.60 Å². The van der Waals surface area contributed by atoms with Gasteiger partial charge in [0, 0.05) is 37.3 Å². The second-order valence-electron chi connectivity index (χ2n) is 7.61. The number of nitrogens with zero attached hydrogens (tertiary/aromatic N) is 1. The average molecular weight is 324 g/mol. The molecular weight excluding hydrogens is 292 g/mol. The molecule has 0 radical (unpaired) electrons. The minimum absolute atomic E-state index is 0.0653. The Kier molecular flexibility index (Phi) is 5.92. The molecule has 2 rings (SSSR count). The first-order valence-electron chi connectivity index (χ1n) is 8.69. The van der Waals surface area contributed by atoms with E-state index in [1.54, 1.807) is 4.90 Å². The molecule has 4 N–H and O–H groups in total. The van der Waals surface area contributed by atoms with E-state index in [0.29, 0.717) is 19.1 Å². The fourth-order valence-electron chi connectivity index (χ4n) is 3.07. The summed E-state index contributed by atoms with van der Waals surface area (Å²) >= 11 is 0. The Morgan fingerprint density at radius 3 is 2.61 bits per heavy atom. The number of piperidine rings is 1. The van der Waals surface area contributed by atoms with E-state index in [4.69, 9.17) is 10.5 Å². The SMILES string of the molecule is CC(N)C1=C(NC2CCNCC2)CCN(C(=O)OC(C)(C)C)C1. The van der Waals surface area contributed by atoms with Crippen molar-refractivity contribution in [3.63, 3.8) is 0 Å². The summed E-state index contributed by atoms with van der Waals surface area (Å²) < 4.78 is 5.49. The van der Waals surface area contributed by atoms with Gasteiger partial charge in [0.2, 0.25) is 0 Å². The van der Waals surface area contributed by atoms with Gasteiger partial charge in [0.25, 0.3) is 0 Å². The highest BCUT2D eigenvalue weighted by Crippen LogP contribution is 2.22. The summed E-state index contributed by atoms with van der Waals surface area (Å²) in [6.45, 7) is 11.0. The van der Waals surface area contributed by atoms with E-state index in [1.807, 2.05) is 27.7 Å². The Morgan fingerprint density at radius 2 is 2.04 bits per heavy atom. The lowest BCUT2D eigenvalue weighted by atomic mass is 9.98. The van der Waals surface area contributed by atoms with E-state index in [9.17, 15) is 4.79 Å². The number of rotatable bonds is 3. The van der Waals surface area contributed by atoms with Crippen LogP contribution in [0.1, 0.15) is 47.0 Å². The summed E-state index contributed by atoms with van der Waals surface area (Å²) in [5.41, 5.74) is 8.05. The number of nitrogens with one attached hydrogen (secondary N) is 2. The number of hydrogen-bond donors (Lipinski definition) is 3. The number of carbonyl (C=O) groups is 1. The monoisotopic (exact) mass is 324 g/mol. The zero-order chi connectivity index (χ0) is 17.0. The third kappa shape index (κ3) is 5.39. The molecule has 1 atom stereocenters. The van der Waals surface area contributed by atoms with Crippen LogP contribution in [-0.4, -0.2) is 54.9 Å². The lowest BCUT2D eigenvalue weighted by molar-refractivity contribution is 0.0255. The lowest BCUT2D eigenvalue weighted by Crippen LogP contribution is -2.47. The van der Waals surface area contributed by atoms with Crippen molar-refractivity contribution in [3.05, 3.63) is 11.3 Å². The third-order valence-corrected chi connectivity index (χ3v) is 4.30. The van der Waals surface area contributed by atoms with E-state index in [-0.39, 0.29) is 12.1 Å². The Morgan fingerprint density at radius 1 is 1.39 bits per heavy atom. The summed E-state index contributed by atoms with van der Waals surface area (Å²) in [4.78, 5) is 14.1. The summed E-state index contributed by atoms with van der Waals surface area (Å²) in [7, 11) is 0. The molecule has 2 heterocycles. The van der Waals surface area contributed by atoms with Gasteiger partial charge in [-0.25, -0.2) is 4.79 Å². The van der Waals surface area contributed by atoms with Crippen LogP contribution in [0.2, 0.25) is 0 Å². The number of nitrogens with two attached hydrogens (primary N) is 1. The van der Waals surface area contributed by atoms with Crippen LogP contribution >= 0.6 is 0 Å². The molecule has 1 fully saturated rings. The highest BCUT2D eigenvalue weighted by Gasteiger charge is 2.29.